The highest BCUT2D eigenvalue weighted by atomic mass is 16.2. The predicted octanol–water partition coefficient (Wildman–Crippen LogP) is 1.81. The van der Waals surface area contributed by atoms with Gasteiger partial charge in [0.25, 0.3) is 0 Å². The molecule has 0 unspecified atom stereocenters. The highest BCUT2D eigenvalue weighted by Gasteiger charge is 2.26. The fourth-order valence-electron chi connectivity index (χ4n) is 3.57. The van der Waals surface area contributed by atoms with Gasteiger partial charge in [0.1, 0.15) is 6.54 Å². The number of carbonyl (C=O) groups is 1. The second kappa shape index (κ2) is 7.38. The Balaban J connectivity index is 1.63. The van der Waals surface area contributed by atoms with Crippen LogP contribution in [0.15, 0.2) is 58.1 Å². The van der Waals surface area contributed by atoms with Gasteiger partial charge in [-0.15, -0.1) is 5.10 Å². The van der Waals surface area contributed by atoms with E-state index in [-0.39, 0.29) is 6.54 Å². The van der Waals surface area contributed by atoms with Gasteiger partial charge in [0, 0.05) is 24.5 Å². The van der Waals surface area contributed by atoms with Crippen LogP contribution in [0.1, 0.15) is 11.1 Å². The third kappa shape index (κ3) is 3.69. The van der Waals surface area contributed by atoms with Crippen LogP contribution in [0.3, 0.4) is 0 Å². The van der Waals surface area contributed by atoms with Crippen molar-refractivity contribution >= 4 is 23.2 Å². The number of aryl methyl sites for hydroxylation is 2. The topological polar surface area (TPSA) is 89.2 Å². The molecule has 148 valence electrons. The molecule has 0 fully saturated rings. The van der Waals surface area contributed by atoms with E-state index in [0.29, 0.717) is 24.7 Å². The number of aromatic nitrogens is 3. The Hall–Kier alpha value is -3.68. The van der Waals surface area contributed by atoms with Gasteiger partial charge >= 0.3 is 11.1 Å². The lowest BCUT2D eigenvalue weighted by Gasteiger charge is -2.17. The average molecular weight is 391 g/mol. The zero-order valence-electron chi connectivity index (χ0n) is 16.3. The Morgan fingerprint density at radius 2 is 1.69 bits per heavy atom. The van der Waals surface area contributed by atoms with Gasteiger partial charge in [0.2, 0.25) is 11.9 Å². The monoisotopic (exact) mass is 391 g/mol. The normalized spacial score (nSPS) is 12.7. The van der Waals surface area contributed by atoms with E-state index in [1.165, 1.54) is 4.57 Å². The summed E-state index contributed by atoms with van der Waals surface area (Å²) in [5.41, 5.74) is 2.07. The van der Waals surface area contributed by atoms with Crippen LogP contribution in [0.4, 0.5) is 17.3 Å². The summed E-state index contributed by atoms with van der Waals surface area (Å²) in [7, 11) is 0. The summed E-state index contributed by atoms with van der Waals surface area (Å²) in [4.78, 5) is 39.3. The molecule has 1 aromatic heterocycles. The number of fused-ring (bicyclic) bond motifs is 1. The SMILES string of the molecule is Cc1cc(C)cc(NC(=O)Cn2nc3n(c(=O)c2=O)CCN3c2ccccc2)c1. The maximum Gasteiger partial charge on any atom is 0.333 e. The van der Waals surface area contributed by atoms with Crippen LogP contribution < -0.4 is 21.3 Å². The van der Waals surface area contributed by atoms with E-state index in [1.54, 1.807) is 0 Å². The van der Waals surface area contributed by atoms with E-state index < -0.39 is 17.0 Å². The fraction of sp³-hybridized carbons (Fsp3) is 0.238. The third-order valence-corrected chi connectivity index (χ3v) is 4.77. The second-order valence-corrected chi connectivity index (χ2v) is 7.13. The zero-order valence-corrected chi connectivity index (χ0v) is 16.3. The number of rotatable bonds is 4. The minimum Gasteiger partial charge on any atom is -0.324 e. The standard InChI is InChI=1S/C21H21N5O3/c1-14-10-15(2)12-16(11-14)22-18(27)13-26-20(29)19(28)25-9-8-24(21(25)23-26)17-6-4-3-5-7-17/h3-7,10-12H,8-9,13H2,1-2H3,(H,22,27). The molecule has 0 saturated heterocycles. The van der Waals surface area contributed by atoms with Crippen molar-refractivity contribution in [2.24, 2.45) is 0 Å². The van der Waals surface area contributed by atoms with Crippen LogP contribution in [0, 0.1) is 13.8 Å². The number of carbonyl (C=O) groups excluding carboxylic acids is 1. The lowest BCUT2D eigenvalue weighted by Crippen LogP contribution is -2.44. The Kier molecular flexibility index (Phi) is 4.75. The first-order valence-electron chi connectivity index (χ1n) is 9.35. The molecule has 8 nitrogen and oxygen atoms in total. The predicted molar refractivity (Wildman–Crippen MR) is 111 cm³/mol. The number of anilines is 3. The van der Waals surface area contributed by atoms with Crippen molar-refractivity contribution < 1.29 is 4.79 Å². The van der Waals surface area contributed by atoms with Gasteiger partial charge in [-0.3, -0.25) is 19.0 Å². The van der Waals surface area contributed by atoms with Crippen LogP contribution >= 0.6 is 0 Å². The summed E-state index contributed by atoms with van der Waals surface area (Å²) >= 11 is 0. The molecule has 2 heterocycles. The molecular weight excluding hydrogens is 370 g/mol. The lowest BCUT2D eigenvalue weighted by atomic mass is 10.1. The van der Waals surface area contributed by atoms with E-state index in [2.05, 4.69) is 10.4 Å². The van der Waals surface area contributed by atoms with Crippen molar-refractivity contribution in [3.05, 3.63) is 80.4 Å². The number of hydrogen-bond acceptors (Lipinski definition) is 5. The van der Waals surface area contributed by atoms with Crippen LogP contribution in [-0.4, -0.2) is 26.8 Å². The molecule has 29 heavy (non-hydrogen) atoms. The molecule has 8 heteroatoms. The van der Waals surface area contributed by atoms with Gasteiger partial charge in [-0.05, 0) is 49.2 Å². The third-order valence-electron chi connectivity index (χ3n) is 4.77. The van der Waals surface area contributed by atoms with E-state index >= 15 is 0 Å². The number of nitrogens with zero attached hydrogens (tertiary/aromatic N) is 4. The highest BCUT2D eigenvalue weighted by Crippen LogP contribution is 2.25. The first-order valence-corrected chi connectivity index (χ1v) is 9.35. The second-order valence-electron chi connectivity index (χ2n) is 7.13. The number of para-hydroxylation sites is 1. The molecule has 1 aliphatic heterocycles. The number of hydrogen-bond donors (Lipinski definition) is 1. The Bertz CT molecular complexity index is 1180. The van der Waals surface area contributed by atoms with Crippen LogP contribution in [0.2, 0.25) is 0 Å². The first kappa shape index (κ1) is 18.7. The van der Waals surface area contributed by atoms with Crippen molar-refractivity contribution in [1.82, 2.24) is 14.3 Å². The molecule has 0 radical (unpaired) electrons. The van der Waals surface area contributed by atoms with Gasteiger partial charge in [-0.2, -0.15) is 0 Å². The summed E-state index contributed by atoms with van der Waals surface area (Å²) in [6, 6.07) is 15.2. The Morgan fingerprint density at radius 3 is 2.38 bits per heavy atom. The Labute approximate surface area is 167 Å². The van der Waals surface area contributed by atoms with Crippen molar-refractivity contribution in [1.29, 1.82) is 0 Å². The van der Waals surface area contributed by atoms with Crippen molar-refractivity contribution in [2.45, 2.75) is 26.9 Å². The van der Waals surface area contributed by atoms with E-state index in [4.69, 9.17) is 0 Å². The molecule has 1 amide bonds. The van der Waals surface area contributed by atoms with Crippen LogP contribution in [-0.2, 0) is 17.9 Å². The number of benzene rings is 2. The average Bonchev–Trinajstić information content (AvgIpc) is 3.09. The minimum absolute atomic E-state index is 0.336. The molecule has 0 spiro atoms. The van der Waals surface area contributed by atoms with Gasteiger partial charge < -0.3 is 10.2 Å². The van der Waals surface area contributed by atoms with Crippen molar-refractivity contribution in [3.8, 4) is 0 Å². The van der Waals surface area contributed by atoms with Crippen LogP contribution in [0.25, 0.3) is 0 Å². The molecule has 0 bridgehead atoms. The molecule has 0 aliphatic carbocycles. The fourth-order valence-corrected chi connectivity index (χ4v) is 3.57. The van der Waals surface area contributed by atoms with Gasteiger partial charge in [0.15, 0.2) is 0 Å². The zero-order chi connectivity index (χ0) is 20.5. The highest BCUT2D eigenvalue weighted by molar-refractivity contribution is 5.90. The molecule has 4 rings (SSSR count). The number of nitrogens with one attached hydrogen (secondary N) is 1. The van der Waals surface area contributed by atoms with Crippen LogP contribution in [0.5, 0.6) is 0 Å². The van der Waals surface area contributed by atoms with Crippen molar-refractivity contribution in [2.75, 3.05) is 16.8 Å². The molecule has 0 saturated carbocycles. The van der Waals surface area contributed by atoms with Gasteiger partial charge in [0.05, 0.1) is 0 Å². The van der Waals surface area contributed by atoms with Gasteiger partial charge in [-0.1, -0.05) is 24.3 Å². The first-order chi connectivity index (χ1) is 13.9. The minimum atomic E-state index is -0.806. The van der Waals surface area contributed by atoms with E-state index in [9.17, 15) is 14.4 Å². The molecular formula is C21H21N5O3. The smallest absolute Gasteiger partial charge is 0.324 e. The van der Waals surface area contributed by atoms with Gasteiger partial charge in [-0.25, -0.2) is 4.68 Å². The Morgan fingerprint density at radius 1 is 1.00 bits per heavy atom. The molecule has 2 aromatic carbocycles. The summed E-state index contributed by atoms with van der Waals surface area (Å²) in [5, 5.41) is 7.09. The molecule has 1 N–H and O–H groups in total. The number of amides is 1. The summed E-state index contributed by atoms with van der Waals surface area (Å²) in [6.45, 7) is 4.45. The summed E-state index contributed by atoms with van der Waals surface area (Å²) < 4.78 is 2.29. The van der Waals surface area contributed by atoms with Crippen molar-refractivity contribution in [3.63, 3.8) is 0 Å². The van der Waals surface area contributed by atoms with E-state index in [1.807, 2.05) is 67.3 Å². The largest absolute Gasteiger partial charge is 0.333 e. The molecule has 3 aromatic rings. The maximum absolute atomic E-state index is 12.5. The maximum atomic E-state index is 12.5. The van der Waals surface area contributed by atoms with E-state index in [0.717, 1.165) is 21.5 Å². The lowest BCUT2D eigenvalue weighted by molar-refractivity contribution is -0.117. The molecule has 1 aliphatic rings. The quantitative estimate of drug-likeness (QED) is 0.685. The molecule has 0 atom stereocenters. The summed E-state index contributed by atoms with van der Waals surface area (Å²) in [6.07, 6.45) is 0. The summed E-state index contributed by atoms with van der Waals surface area (Å²) in [5.74, 6) is -0.0572.